The number of esters is 1. The minimum Gasteiger partial charge on any atom is -0.466 e. The minimum atomic E-state index is -0.0168. The van der Waals surface area contributed by atoms with Crippen LogP contribution >= 0.6 is 22.6 Å². The molecule has 3 heteroatoms. The summed E-state index contributed by atoms with van der Waals surface area (Å²) in [5.74, 6) is 0.197. The molecule has 0 N–H and O–H groups in total. The van der Waals surface area contributed by atoms with Crippen molar-refractivity contribution in [2.24, 2.45) is 5.92 Å². The summed E-state index contributed by atoms with van der Waals surface area (Å²) in [5.41, 5.74) is 0. The van der Waals surface area contributed by atoms with Gasteiger partial charge < -0.3 is 4.74 Å². The monoisotopic (exact) mass is 240 g/mol. The van der Waals surface area contributed by atoms with Gasteiger partial charge in [-0.05, 0) is 13.3 Å². The molecule has 0 heterocycles. The number of hydrogen-bond donors (Lipinski definition) is 0. The zero-order valence-corrected chi connectivity index (χ0v) is 7.42. The molecule has 0 radical (unpaired) electrons. The fraction of sp³-hybridized carbons (Fsp3) is 0.833. The van der Waals surface area contributed by atoms with Crippen molar-refractivity contribution in [3.63, 3.8) is 0 Å². The smallest absolute Gasteiger partial charge is 0.310 e. The third kappa shape index (κ3) is 1.81. The average Bonchev–Trinajstić information content (AvgIpc) is 2.47. The number of alkyl halides is 1. The molecule has 1 aliphatic carbocycles. The Kier molecular flexibility index (Phi) is 2.32. The molecule has 2 atom stereocenters. The lowest BCUT2D eigenvalue weighted by Crippen LogP contribution is -2.06. The first-order valence-electron chi connectivity index (χ1n) is 3.06. The highest BCUT2D eigenvalue weighted by Crippen LogP contribution is 2.38. The second-order valence-electron chi connectivity index (χ2n) is 2.11. The highest BCUT2D eigenvalue weighted by Gasteiger charge is 2.42. The first-order chi connectivity index (χ1) is 4.25. The predicted octanol–water partition coefficient (Wildman–Crippen LogP) is 1.37. The summed E-state index contributed by atoms with van der Waals surface area (Å²) in [7, 11) is 0. The Hall–Kier alpha value is 0.200. The van der Waals surface area contributed by atoms with Crippen molar-refractivity contribution in [1.29, 1.82) is 0 Å². The van der Waals surface area contributed by atoms with Crippen molar-refractivity contribution in [2.45, 2.75) is 17.3 Å². The van der Waals surface area contributed by atoms with E-state index in [0.717, 1.165) is 6.42 Å². The summed E-state index contributed by atoms with van der Waals surface area (Å²) in [4.78, 5) is 10.8. The molecule has 0 saturated heterocycles. The largest absolute Gasteiger partial charge is 0.466 e. The molecular weight excluding hydrogens is 231 g/mol. The Labute approximate surface area is 68.1 Å². The van der Waals surface area contributed by atoms with Crippen molar-refractivity contribution in [2.75, 3.05) is 6.61 Å². The van der Waals surface area contributed by atoms with Crippen molar-refractivity contribution in [3.05, 3.63) is 0 Å². The Morgan fingerprint density at radius 2 is 2.44 bits per heavy atom. The van der Waals surface area contributed by atoms with E-state index in [-0.39, 0.29) is 11.9 Å². The second-order valence-corrected chi connectivity index (χ2v) is 3.71. The highest BCUT2D eigenvalue weighted by molar-refractivity contribution is 14.1. The van der Waals surface area contributed by atoms with Crippen LogP contribution in [0.1, 0.15) is 13.3 Å². The predicted molar refractivity (Wildman–Crippen MR) is 42.5 cm³/mol. The Balaban J connectivity index is 2.20. The summed E-state index contributed by atoms with van der Waals surface area (Å²) in [6, 6.07) is 0. The molecule has 2 unspecified atom stereocenters. The van der Waals surface area contributed by atoms with E-state index in [2.05, 4.69) is 22.6 Å². The van der Waals surface area contributed by atoms with Crippen LogP contribution in [0.15, 0.2) is 0 Å². The van der Waals surface area contributed by atoms with E-state index in [4.69, 9.17) is 4.74 Å². The van der Waals surface area contributed by atoms with Gasteiger partial charge in [-0.25, -0.2) is 0 Å². The molecule has 52 valence electrons. The maximum atomic E-state index is 10.8. The quantitative estimate of drug-likeness (QED) is 0.414. The number of carbonyl (C=O) groups excluding carboxylic acids is 1. The molecule has 9 heavy (non-hydrogen) atoms. The van der Waals surface area contributed by atoms with Crippen molar-refractivity contribution >= 4 is 28.6 Å². The van der Waals surface area contributed by atoms with Crippen LogP contribution in [-0.2, 0) is 9.53 Å². The third-order valence-electron chi connectivity index (χ3n) is 1.30. The minimum absolute atomic E-state index is 0.0168. The van der Waals surface area contributed by atoms with Crippen LogP contribution in [0.2, 0.25) is 0 Å². The van der Waals surface area contributed by atoms with Gasteiger partial charge in [0.2, 0.25) is 0 Å². The second kappa shape index (κ2) is 2.86. The molecule has 0 aromatic heterocycles. The van der Waals surface area contributed by atoms with E-state index in [9.17, 15) is 4.79 Å². The fourth-order valence-electron chi connectivity index (χ4n) is 0.657. The lowest BCUT2D eigenvalue weighted by molar-refractivity contribution is -0.144. The molecule has 1 saturated carbocycles. The lowest BCUT2D eigenvalue weighted by Gasteiger charge is -1.96. The average molecular weight is 240 g/mol. The van der Waals surface area contributed by atoms with E-state index in [1.165, 1.54) is 0 Å². The van der Waals surface area contributed by atoms with Crippen LogP contribution in [-0.4, -0.2) is 16.5 Å². The number of halogens is 1. The molecular formula is C6H9IO2. The SMILES string of the molecule is CCOC(=O)C1CC1I. The molecule has 0 spiro atoms. The first-order valence-corrected chi connectivity index (χ1v) is 4.31. The van der Waals surface area contributed by atoms with Gasteiger partial charge in [-0.15, -0.1) is 0 Å². The maximum absolute atomic E-state index is 10.8. The number of ether oxygens (including phenoxy) is 1. The normalized spacial score (nSPS) is 31.8. The molecule has 0 bridgehead atoms. The molecule has 1 rings (SSSR count). The van der Waals surface area contributed by atoms with Crippen molar-refractivity contribution in [1.82, 2.24) is 0 Å². The Morgan fingerprint density at radius 3 is 2.78 bits per heavy atom. The van der Waals surface area contributed by atoms with E-state index in [1.807, 2.05) is 6.92 Å². The summed E-state index contributed by atoms with van der Waals surface area (Å²) < 4.78 is 5.34. The van der Waals surface area contributed by atoms with Crippen LogP contribution in [0.25, 0.3) is 0 Å². The van der Waals surface area contributed by atoms with Crippen LogP contribution < -0.4 is 0 Å². The molecule has 1 aliphatic rings. The standard InChI is InChI=1S/C6H9IO2/c1-2-9-6(8)4-3-5(4)7/h4-5H,2-3H2,1H3. The van der Waals surface area contributed by atoms with Gasteiger partial charge in [0.25, 0.3) is 0 Å². The van der Waals surface area contributed by atoms with Gasteiger partial charge in [0, 0.05) is 3.92 Å². The molecule has 1 fully saturated rings. The summed E-state index contributed by atoms with van der Waals surface area (Å²) in [6.07, 6.45) is 1.01. The van der Waals surface area contributed by atoms with E-state index in [0.29, 0.717) is 10.5 Å². The van der Waals surface area contributed by atoms with Gasteiger partial charge in [-0.3, -0.25) is 4.79 Å². The summed E-state index contributed by atoms with van der Waals surface area (Å²) in [5, 5.41) is 0. The number of rotatable bonds is 2. The van der Waals surface area contributed by atoms with Crippen LogP contribution in [0.5, 0.6) is 0 Å². The highest BCUT2D eigenvalue weighted by atomic mass is 127. The molecule has 0 aromatic rings. The number of carbonyl (C=O) groups is 1. The topological polar surface area (TPSA) is 26.3 Å². The van der Waals surface area contributed by atoms with E-state index in [1.54, 1.807) is 0 Å². The van der Waals surface area contributed by atoms with E-state index >= 15 is 0 Å². The third-order valence-corrected chi connectivity index (χ3v) is 2.68. The van der Waals surface area contributed by atoms with Crippen molar-refractivity contribution < 1.29 is 9.53 Å². The molecule has 0 aliphatic heterocycles. The van der Waals surface area contributed by atoms with Crippen molar-refractivity contribution in [3.8, 4) is 0 Å². The fourth-order valence-corrected chi connectivity index (χ4v) is 1.50. The Bertz CT molecular complexity index is 124. The Morgan fingerprint density at radius 1 is 1.89 bits per heavy atom. The van der Waals surface area contributed by atoms with Crippen LogP contribution in [0, 0.1) is 5.92 Å². The van der Waals surface area contributed by atoms with Gasteiger partial charge in [-0.1, -0.05) is 22.6 Å². The van der Waals surface area contributed by atoms with Gasteiger partial charge in [-0.2, -0.15) is 0 Å². The zero-order chi connectivity index (χ0) is 6.85. The van der Waals surface area contributed by atoms with E-state index < -0.39 is 0 Å². The maximum Gasteiger partial charge on any atom is 0.310 e. The molecule has 0 aromatic carbocycles. The number of hydrogen-bond acceptors (Lipinski definition) is 2. The van der Waals surface area contributed by atoms with Crippen LogP contribution in [0.4, 0.5) is 0 Å². The van der Waals surface area contributed by atoms with Gasteiger partial charge >= 0.3 is 5.97 Å². The van der Waals surface area contributed by atoms with Gasteiger partial charge in [0.05, 0.1) is 12.5 Å². The zero-order valence-electron chi connectivity index (χ0n) is 5.26. The molecule has 2 nitrogen and oxygen atoms in total. The molecule has 0 amide bonds. The first kappa shape index (κ1) is 7.31. The lowest BCUT2D eigenvalue weighted by atomic mass is 10.4. The van der Waals surface area contributed by atoms with Crippen LogP contribution in [0.3, 0.4) is 0 Å². The summed E-state index contributed by atoms with van der Waals surface area (Å²) >= 11 is 2.27. The summed E-state index contributed by atoms with van der Waals surface area (Å²) in [6.45, 7) is 2.35. The van der Waals surface area contributed by atoms with Gasteiger partial charge in [0.1, 0.15) is 0 Å². The van der Waals surface area contributed by atoms with Gasteiger partial charge in [0.15, 0.2) is 0 Å².